The van der Waals surface area contributed by atoms with Gasteiger partial charge in [0, 0.05) is 11.6 Å². The van der Waals surface area contributed by atoms with E-state index in [-0.39, 0.29) is 5.82 Å². The summed E-state index contributed by atoms with van der Waals surface area (Å²) in [5, 5.41) is 3.65. The van der Waals surface area contributed by atoms with Crippen LogP contribution in [0.1, 0.15) is 5.56 Å². The van der Waals surface area contributed by atoms with E-state index in [1.807, 2.05) is 0 Å². The van der Waals surface area contributed by atoms with Crippen LogP contribution in [0.25, 0.3) is 5.70 Å². The first-order valence-electron chi connectivity index (χ1n) is 3.77. The normalized spacial score (nSPS) is 14.8. The van der Waals surface area contributed by atoms with Crippen molar-refractivity contribution >= 4 is 11.5 Å². The summed E-state index contributed by atoms with van der Waals surface area (Å²) in [6, 6.07) is 6.03. The molecule has 1 aromatic carbocycles. The zero-order valence-corrected chi connectivity index (χ0v) is 6.74. The number of amidine groups is 1. The molecule has 1 heterocycles. The van der Waals surface area contributed by atoms with Gasteiger partial charge in [-0.2, -0.15) is 0 Å². The Morgan fingerprint density at radius 3 is 2.38 bits per heavy atom. The lowest BCUT2D eigenvalue weighted by atomic mass is 10.1. The third kappa shape index (κ3) is 1.51. The van der Waals surface area contributed by atoms with Crippen molar-refractivity contribution in [1.82, 2.24) is 5.43 Å². The standard InChI is InChI=1S/C9H7FN3/c10-7-3-1-6(2-4-7)8-5-9(11)13-12-8/h1-5H,(H2,11,13). The summed E-state index contributed by atoms with van der Waals surface area (Å²) in [4.78, 5) is 0. The van der Waals surface area contributed by atoms with Gasteiger partial charge in [0.2, 0.25) is 0 Å². The second-order valence-electron chi connectivity index (χ2n) is 2.66. The van der Waals surface area contributed by atoms with Crippen molar-refractivity contribution in [1.29, 1.82) is 0 Å². The van der Waals surface area contributed by atoms with E-state index in [0.29, 0.717) is 11.5 Å². The molecule has 0 spiro atoms. The molecule has 1 aromatic rings. The lowest BCUT2D eigenvalue weighted by Gasteiger charge is -1.98. The van der Waals surface area contributed by atoms with Gasteiger partial charge in [-0.05, 0) is 24.3 Å². The Labute approximate surface area is 74.8 Å². The van der Waals surface area contributed by atoms with Crippen molar-refractivity contribution in [2.45, 2.75) is 0 Å². The molecule has 0 saturated heterocycles. The first-order chi connectivity index (χ1) is 6.25. The first-order valence-corrected chi connectivity index (χ1v) is 3.77. The van der Waals surface area contributed by atoms with Gasteiger partial charge < -0.3 is 5.73 Å². The van der Waals surface area contributed by atoms with Crippen LogP contribution in [0.3, 0.4) is 0 Å². The summed E-state index contributed by atoms with van der Waals surface area (Å²) in [5.74, 6) is 0.107. The lowest BCUT2D eigenvalue weighted by molar-refractivity contribution is 0.627. The van der Waals surface area contributed by atoms with E-state index in [4.69, 9.17) is 5.73 Å². The molecule has 0 aliphatic carbocycles. The van der Waals surface area contributed by atoms with Gasteiger partial charge in [-0.1, -0.05) is 0 Å². The minimum absolute atomic E-state index is 0.267. The van der Waals surface area contributed by atoms with E-state index in [1.54, 1.807) is 18.2 Å². The van der Waals surface area contributed by atoms with Gasteiger partial charge >= 0.3 is 0 Å². The SMILES string of the molecule is NC1=N[N]C(c2ccc(F)cc2)=C1. The highest BCUT2D eigenvalue weighted by molar-refractivity contribution is 6.00. The summed E-state index contributed by atoms with van der Waals surface area (Å²) in [6.07, 6.45) is 1.65. The van der Waals surface area contributed by atoms with E-state index in [9.17, 15) is 4.39 Å². The number of hydrogen-bond donors (Lipinski definition) is 1. The van der Waals surface area contributed by atoms with Crippen LogP contribution in [0.4, 0.5) is 4.39 Å². The fraction of sp³-hybridized carbons (Fsp3) is 0. The van der Waals surface area contributed by atoms with Crippen molar-refractivity contribution in [2.24, 2.45) is 10.8 Å². The highest BCUT2D eigenvalue weighted by Gasteiger charge is 2.08. The molecule has 0 saturated carbocycles. The molecule has 65 valence electrons. The Morgan fingerprint density at radius 2 is 1.85 bits per heavy atom. The molecule has 0 atom stereocenters. The minimum Gasteiger partial charge on any atom is -0.382 e. The summed E-state index contributed by atoms with van der Waals surface area (Å²) in [7, 11) is 0. The molecule has 4 heteroatoms. The summed E-state index contributed by atoms with van der Waals surface area (Å²) < 4.78 is 12.5. The summed E-state index contributed by atoms with van der Waals surface area (Å²) in [5.41, 5.74) is 10.7. The molecule has 0 unspecified atom stereocenters. The van der Waals surface area contributed by atoms with E-state index in [2.05, 4.69) is 10.5 Å². The second-order valence-corrected chi connectivity index (χ2v) is 2.66. The minimum atomic E-state index is -0.267. The molecule has 0 bridgehead atoms. The highest BCUT2D eigenvalue weighted by Crippen LogP contribution is 2.15. The quantitative estimate of drug-likeness (QED) is 0.683. The van der Waals surface area contributed by atoms with Gasteiger partial charge in [-0.25, -0.2) is 4.39 Å². The van der Waals surface area contributed by atoms with Gasteiger partial charge in [0.15, 0.2) is 0 Å². The van der Waals surface area contributed by atoms with Gasteiger partial charge in [-0.15, -0.1) is 10.5 Å². The first kappa shape index (κ1) is 7.79. The zero-order chi connectivity index (χ0) is 9.26. The lowest BCUT2D eigenvalue weighted by Crippen LogP contribution is -2.04. The molecule has 1 aliphatic rings. The van der Waals surface area contributed by atoms with Crippen LogP contribution >= 0.6 is 0 Å². The molecule has 0 fully saturated rings. The Hall–Kier alpha value is -1.84. The van der Waals surface area contributed by atoms with Crippen molar-refractivity contribution in [3.05, 3.63) is 41.7 Å². The number of benzene rings is 1. The predicted octanol–water partition coefficient (Wildman–Crippen LogP) is 1.06. The fourth-order valence-corrected chi connectivity index (χ4v) is 1.07. The van der Waals surface area contributed by atoms with Crippen LogP contribution < -0.4 is 11.2 Å². The Bertz CT molecular complexity index is 378. The fourth-order valence-electron chi connectivity index (χ4n) is 1.07. The maximum Gasteiger partial charge on any atom is 0.148 e. The van der Waals surface area contributed by atoms with Crippen molar-refractivity contribution in [2.75, 3.05) is 0 Å². The molecule has 13 heavy (non-hydrogen) atoms. The molecule has 1 aliphatic heterocycles. The van der Waals surface area contributed by atoms with Gasteiger partial charge in [0.25, 0.3) is 0 Å². The summed E-state index contributed by atoms with van der Waals surface area (Å²) in [6.45, 7) is 0. The molecular formula is C9H7FN3. The van der Waals surface area contributed by atoms with E-state index < -0.39 is 0 Å². The predicted molar refractivity (Wildman–Crippen MR) is 48.1 cm³/mol. The monoisotopic (exact) mass is 176 g/mol. The molecule has 0 aromatic heterocycles. The maximum atomic E-state index is 12.5. The molecule has 3 nitrogen and oxygen atoms in total. The molecular weight excluding hydrogens is 169 g/mol. The molecule has 2 rings (SSSR count). The average molecular weight is 176 g/mol. The van der Waals surface area contributed by atoms with E-state index in [0.717, 1.165) is 5.56 Å². The molecule has 1 radical (unpaired) electrons. The van der Waals surface area contributed by atoms with E-state index in [1.165, 1.54) is 12.1 Å². The number of halogens is 1. The number of rotatable bonds is 1. The van der Waals surface area contributed by atoms with Crippen LogP contribution in [0.15, 0.2) is 35.4 Å². The molecule has 2 N–H and O–H groups in total. The smallest absolute Gasteiger partial charge is 0.148 e. The Kier molecular flexibility index (Phi) is 1.73. The van der Waals surface area contributed by atoms with Gasteiger partial charge in [0.05, 0.1) is 5.70 Å². The van der Waals surface area contributed by atoms with E-state index >= 15 is 0 Å². The van der Waals surface area contributed by atoms with Gasteiger partial charge in [-0.3, -0.25) is 0 Å². The third-order valence-electron chi connectivity index (χ3n) is 1.70. The Morgan fingerprint density at radius 1 is 1.15 bits per heavy atom. The van der Waals surface area contributed by atoms with Crippen LogP contribution in [0, 0.1) is 5.82 Å². The second kappa shape index (κ2) is 2.90. The van der Waals surface area contributed by atoms with Crippen LogP contribution in [-0.4, -0.2) is 5.84 Å². The van der Waals surface area contributed by atoms with Crippen LogP contribution in [0.5, 0.6) is 0 Å². The number of nitrogens with two attached hydrogens (primary N) is 1. The Balaban J connectivity index is 2.28. The van der Waals surface area contributed by atoms with Crippen molar-refractivity contribution < 1.29 is 4.39 Å². The third-order valence-corrected chi connectivity index (χ3v) is 1.70. The topological polar surface area (TPSA) is 52.5 Å². The largest absolute Gasteiger partial charge is 0.382 e. The summed E-state index contributed by atoms with van der Waals surface area (Å²) >= 11 is 0. The molecule has 0 amide bonds. The average Bonchev–Trinajstić information content (AvgIpc) is 2.53. The van der Waals surface area contributed by atoms with Crippen LogP contribution in [-0.2, 0) is 0 Å². The maximum absolute atomic E-state index is 12.5. The van der Waals surface area contributed by atoms with Crippen molar-refractivity contribution in [3.63, 3.8) is 0 Å². The number of hydrogen-bond acceptors (Lipinski definition) is 2. The highest BCUT2D eigenvalue weighted by atomic mass is 19.1. The van der Waals surface area contributed by atoms with Crippen LogP contribution in [0.2, 0.25) is 0 Å². The zero-order valence-electron chi connectivity index (χ0n) is 6.74. The number of nitrogens with zero attached hydrogens (tertiary/aromatic N) is 2. The van der Waals surface area contributed by atoms with Gasteiger partial charge in [0.1, 0.15) is 11.7 Å². The van der Waals surface area contributed by atoms with Crippen molar-refractivity contribution in [3.8, 4) is 0 Å².